The van der Waals surface area contributed by atoms with Crippen LogP contribution in [0.4, 0.5) is 4.39 Å². The van der Waals surface area contributed by atoms with Crippen LogP contribution in [0.3, 0.4) is 0 Å². The Kier molecular flexibility index (Phi) is 3.98. The van der Waals surface area contributed by atoms with E-state index >= 15 is 0 Å². The second-order valence-electron chi connectivity index (χ2n) is 4.00. The third-order valence-corrected chi connectivity index (χ3v) is 3.68. The van der Waals surface area contributed by atoms with Gasteiger partial charge in [0.15, 0.2) is 5.58 Å². The van der Waals surface area contributed by atoms with Crippen molar-refractivity contribution in [2.75, 3.05) is 6.61 Å². The summed E-state index contributed by atoms with van der Waals surface area (Å²) < 4.78 is 18.5. The van der Waals surface area contributed by atoms with Gasteiger partial charge in [0.1, 0.15) is 5.82 Å². The van der Waals surface area contributed by atoms with E-state index in [0.29, 0.717) is 15.9 Å². The summed E-state index contributed by atoms with van der Waals surface area (Å²) in [5.74, 6) is -0.214. The summed E-state index contributed by atoms with van der Waals surface area (Å²) in [7, 11) is 0. The van der Waals surface area contributed by atoms with Gasteiger partial charge >= 0.3 is 0 Å². The van der Waals surface area contributed by atoms with Gasteiger partial charge in [-0.3, -0.25) is 0 Å². The molecule has 0 aliphatic rings. The number of fused-ring (bicyclic) bond motifs is 1. The lowest BCUT2D eigenvalue weighted by Gasteiger charge is -2.15. The van der Waals surface area contributed by atoms with E-state index in [1.165, 1.54) is 12.1 Å². The molecule has 0 aliphatic carbocycles. The number of benzene rings is 1. The van der Waals surface area contributed by atoms with Gasteiger partial charge in [-0.2, -0.15) is 0 Å². The zero-order valence-electron chi connectivity index (χ0n) is 9.36. The van der Waals surface area contributed by atoms with Gasteiger partial charge in [-0.15, -0.1) is 0 Å². The normalized spacial score (nSPS) is 15.1. The molecular weight excluding hydrogens is 336 g/mol. The molecule has 1 aromatic carbocycles. The quantitative estimate of drug-likeness (QED) is 0.681. The van der Waals surface area contributed by atoms with Crippen LogP contribution < -0.4 is 0 Å². The molecular formula is C12H13FINO2. The maximum absolute atomic E-state index is 13.0. The highest BCUT2D eigenvalue weighted by atomic mass is 127. The van der Waals surface area contributed by atoms with E-state index < -0.39 is 0 Å². The van der Waals surface area contributed by atoms with E-state index in [1.54, 1.807) is 6.07 Å². The molecule has 0 aliphatic heterocycles. The molecule has 1 aromatic heterocycles. The summed E-state index contributed by atoms with van der Waals surface area (Å²) in [5.41, 5.74) is 1.26. The Morgan fingerprint density at radius 3 is 2.94 bits per heavy atom. The third-order valence-electron chi connectivity index (χ3n) is 2.81. The molecule has 0 radical (unpaired) electrons. The molecule has 1 heterocycles. The lowest BCUT2D eigenvalue weighted by atomic mass is 9.96. The molecule has 17 heavy (non-hydrogen) atoms. The molecule has 0 spiro atoms. The number of alkyl halides is 1. The largest absolute Gasteiger partial charge is 0.396 e. The van der Waals surface area contributed by atoms with Crippen molar-refractivity contribution in [2.24, 2.45) is 0 Å². The van der Waals surface area contributed by atoms with Gasteiger partial charge in [0.2, 0.25) is 0 Å². The van der Waals surface area contributed by atoms with E-state index in [-0.39, 0.29) is 18.3 Å². The second-order valence-corrected chi connectivity index (χ2v) is 5.97. The maximum Gasteiger partial charge on any atom is 0.170 e. The van der Waals surface area contributed by atoms with Crippen molar-refractivity contribution in [3.63, 3.8) is 0 Å². The van der Waals surface area contributed by atoms with Crippen molar-refractivity contribution in [1.29, 1.82) is 0 Å². The first kappa shape index (κ1) is 12.8. The number of hydrogen-bond acceptors (Lipinski definition) is 3. The molecule has 2 atom stereocenters. The van der Waals surface area contributed by atoms with Gasteiger partial charge in [0.05, 0.1) is 5.69 Å². The number of nitrogens with zero attached hydrogens (tertiary/aromatic N) is 1. The molecule has 0 bridgehead atoms. The summed E-state index contributed by atoms with van der Waals surface area (Å²) in [6.45, 7) is 2.17. The van der Waals surface area contributed by atoms with Crippen LogP contribution in [0, 0.1) is 5.82 Å². The van der Waals surface area contributed by atoms with Crippen LogP contribution >= 0.6 is 22.6 Å². The molecule has 2 unspecified atom stereocenters. The molecule has 92 valence electrons. The van der Waals surface area contributed by atoms with E-state index in [4.69, 9.17) is 9.63 Å². The number of aromatic nitrogens is 1. The molecule has 0 saturated heterocycles. The fraction of sp³-hybridized carbons (Fsp3) is 0.417. The summed E-state index contributed by atoms with van der Waals surface area (Å²) in [4.78, 5) is 0. The number of hydrogen-bond donors (Lipinski definition) is 1. The number of halogens is 2. The number of rotatable bonds is 4. The van der Waals surface area contributed by atoms with Crippen LogP contribution in [0.15, 0.2) is 22.7 Å². The fourth-order valence-electron chi connectivity index (χ4n) is 1.92. The van der Waals surface area contributed by atoms with Gasteiger partial charge in [-0.25, -0.2) is 4.39 Å². The Labute approximate surface area is 112 Å². The van der Waals surface area contributed by atoms with Crippen molar-refractivity contribution in [2.45, 2.75) is 23.2 Å². The highest BCUT2D eigenvalue weighted by Crippen LogP contribution is 2.32. The Morgan fingerprint density at radius 1 is 1.53 bits per heavy atom. The van der Waals surface area contributed by atoms with Gasteiger partial charge in [0, 0.05) is 27.9 Å². The Hall–Kier alpha value is -0.690. The van der Waals surface area contributed by atoms with Crippen molar-refractivity contribution in [3.05, 3.63) is 29.7 Å². The third kappa shape index (κ3) is 2.60. The number of aliphatic hydroxyl groups is 1. The van der Waals surface area contributed by atoms with Gasteiger partial charge < -0.3 is 9.63 Å². The zero-order chi connectivity index (χ0) is 12.4. The molecule has 2 aromatic rings. The van der Waals surface area contributed by atoms with Crippen LogP contribution in [0.5, 0.6) is 0 Å². The highest BCUT2D eigenvalue weighted by molar-refractivity contribution is 14.1. The molecule has 0 fully saturated rings. The molecule has 3 nitrogen and oxygen atoms in total. The predicted molar refractivity (Wildman–Crippen MR) is 71.9 cm³/mol. The molecule has 0 saturated carbocycles. The Balaban J connectivity index is 2.46. The van der Waals surface area contributed by atoms with Crippen LogP contribution in [0.1, 0.15) is 25.0 Å². The standard InChI is InChI=1S/C12H13FINO2/c1-7(14)9(4-5-16)12-10-3-2-8(13)6-11(10)17-15-12/h2-3,6-7,9,16H,4-5H2,1H3. The SMILES string of the molecule is CC(I)C(CCO)c1noc2cc(F)ccc12. The average molecular weight is 349 g/mol. The monoisotopic (exact) mass is 349 g/mol. The van der Waals surface area contributed by atoms with Crippen molar-refractivity contribution >= 4 is 33.6 Å². The maximum atomic E-state index is 13.0. The number of aliphatic hydroxyl groups excluding tert-OH is 1. The minimum Gasteiger partial charge on any atom is -0.396 e. The van der Waals surface area contributed by atoms with Crippen molar-refractivity contribution in [1.82, 2.24) is 5.16 Å². The summed E-state index contributed by atoms with van der Waals surface area (Å²) in [5, 5.41) is 13.9. The van der Waals surface area contributed by atoms with Crippen LogP contribution in [-0.2, 0) is 0 Å². The van der Waals surface area contributed by atoms with Gasteiger partial charge in [0.25, 0.3) is 0 Å². The molecule has 0 amide bonds. The van der Waals surface area contributed by atoms with E-state index in [1.807, 2.05) is 0 Å². The molecule has 2 rings (SSSR count). The smallest absolute Gasteiger partial charge is 0.170 e. The topological polar surface area (TPSA) is 46.3 Å². The van der Waals surface area contributed by atoms with Crippen molar-refractivity contribution < 1.29 is 14.0 Å². The first-order valence-corrected chi connectivity index (χ1v) is 6.68. The average Bonchev–Trinajstić information content (AvgIpc) is 2.68. The predicted octanol–water partition coefficient (Wildman–Crippen LogP) is 3.26. The highest BCUT2D eigenvalue weighted by Gasteiger charge is 2.23. The van der Waals surface area contributed by atoms with Gasteiger partial charge in [-0.1, -0.05) is 34.7 Å². The minimum atomic E-state index is -0.332. The lowest BCUT2D eigenvalue weighted by Crippen LogP contribution is -2.11. The van der Waals surface area contributed by atoms with E-state index in [9.17, 15) is 4.39 Å². The zero-order valence-corrected chi connectivity index (χ0v) is 11.5. The lowest BCUT2D eigenvalue weighted by molar-refractivity contribution is 0.273. The molecule has 5 heteroatoms. The van der Waals surface area contributed by atoms with Crippen LogP contribution in [-0.4, -0.2) is 20.8 Å². The first-order chi connectivity index (χ1) is 8.13. The minimum absolute atomic E-state index is 0.105. The van der Waals surface area contributed by atoms with Crippen molar-refractivity contribution in [3.8, 4) is 0 Å². The first-order valence-electron chi connectivity index (χ1n) is 5.43. The Morgan fingerprint density at radius 2 is 2.29 bits per heavy atom. The van der Waals surface area contributed by atoms with E-state index in [0.717, 1.165) is 11.1 Å². The van der Waals surface area contributed by atoms with Crippen LogP contribution in [0.25, 0.3) is 11.0 Å². The summed E-state index contributed by atoms with van der Waals surface area (Å²) >= 11 is 2.30. The summed E-state index contributed by atoms with van der Waals surface area (Å²) in [6.07, 6.45) is 0.628. The molecule has 1 N–H and O–H groups in total. The Bertz CT molecular complexity index is 512. The van der Waals surface area contributed by atoms with Crippen LogP contribution in [0.2, 0.25) is 0 Å². The fourth-order valence-corrected chi connectivity index (χ4v) is 2.62. The van der Waals surface area contributed by atoms with E-state index in [2.05, 4.69) is 34.7 Å². The second kappa shape index (κ2) is 5.30. The summed E-state index contributed by atoms with van der Waals surface area (Å²) in [6, 6.07) is 4.41. The van der Waals surface area contributed by atoms with Gasteiger partial charge in [-0.05, 0) is 18.6 Å².